The Bertz CT molecular complexity index is 941. The summed E-state index contributed by atoms with van der Waals surface area (Å²) < 4.78 is 24.5. The molecule has 0 atom stereocenters. The Morgan fingerprint density at radius 2 is 1.52 bits per heavy atom. The van der Waals surface area contributed by atoms with Crippen molar-refractivity contribution in [2.24, 2.45) is 12.2 Å². The number of rotatable bonds is 3. The Morgan fingerprint density at radius 3 is 2.09 bits per heavy atom. The highest BCUT2D eigenvalue weighted by atomic mass is 32.2. The molecular formula is C17H17N3O2S. The molecule has 0 fully saturated rings. The predicted octanol–water partition coefficient (Wildman–Crippen LogP) is 2.71. The van der Waals surface area contributed by atoms with Crippen LogP contribution in [0.1, 0.15) is 5.56 Å². The summed E-state index contributed by atoms with van der Waals surface area (Å²) in [6.07, 6.45) is 1.95. The quantitative estimate of drug-likeness (QED) is 0.803. The number of hydrogen-bond acceptors (Lipinski definition) is 3. The van der Waals surface area contributed by atoms with Gasteiger partial charge in [0.1, 0.15) is 5.69 Å². The van der Waals surface area contributed by atoms with Crippen molar-refractivity contribution in [3.63, 3.8) is 0 Å². The molecule has 0 aliphatic rings. The van der Waals surface area contributed by atoms with Gasteiger partial charge in [0.25, 0.3) is 0 Å². The van der Waals surface area contributed by atoms with E-state index in [-0.39, 0.29) is 4.90 Å². The molecule has 0 amide bonds. The van der Waals surface area contributed by atoms with E-state index in [1.165, 1.54) is 17.7 Å². The van der Waals surface area contributed by atoms with Crippen LogP contribution < -0.4 is 5.14 Å². The van der Waals surface area contributed by atoms with Gasteiger partial charge in [0, 0.05) is 24.4 Å². The van der Waals surface area contributed by atoms with Crippen molar-refractivity contribution in [3.05, 3.63) is 60.3 Å². The highest BCUT2D eigenvalue weighted by Gasteiger charge is 2.13. The fourth-order valence-corrected chi connectivity index (χ4v) is 2.96. The summed E-state index contributed by atoms with van der Waals surface area (Å²) >= 11 is 0. The number of aromatic nitrogens is 2. The molecule has 2 N–H and O–H groups in total. The summed E-state index contributed by atoms with van der Waals surface area (Å²) in [7, 11) is -1.83. The number of nitrogens with zero attached hydrogens (tertiary/aromatic N) is 2. The van der Waals surface area contributed by atoms with E-state index in [9.17, 15) is 8.42 Å². The van der Waals surface area contributed by atoms with Crippen molar-refractivity contribution in [1.82, 2.24) is 9.78 Å². The summed E-state index contributed by atoms with van der Waals surface area (Å²) in [6, 6.07) is 14.6. The third-order valence-electron chi connectivity index (χ3n) is 3.65. The molecule has 0 unspecified atom stereocenters. The zero-order valence-corrected chi connectivity index (χ0v) is 13.7. The Hall–Kier alpha value is -2.44. The third kappa shape index (κ3) is 3.18. The predicted molar refractivity (Wildman–Crippen MR) is 90.2 cm³/mol. The fourth-order valence-electron chi connectivity index (χ4n) is 2.45. The Kier molecular flexibility index (Phi) is 3.79. The molecule has 2 aromatic carbocycles. The van der Waals surface area contributed by atoms with Gasteiger partial charge in [-0.1, -0.05) is 42.0 Å². The van der Waals surface area contributed by atoms with Gasteiger partial charge in [-0.2, -0.15) is 5.10 Å². The lowest BCUT2D eigenvalue weighted by Gasteiger charge is -2.04. The molecule has 1 aromatic heterocycles. The summed E-state index contributed by atoms with van der Waals surface area (Å²) in [5.74, 6) is 0. The van der Waals surface area contributed by atoms with E-state index in [4.69, 9.17) is 5.14 Å². The van der Waals surface area contributed by atoms with Gasteiger partial charge in [0.15, 0.2) is 0 Å². The molecule has 118 valence electrons. The highest BCUT2D eigenvalue weighted by Crippen LogP contribution is 2.31. The zero-order chi connectivity index (χ0) is 16.6. The van der Waals surface area contributed by atoms with Gasteiger partial charge in [0.05, 0.1) is 4.90 Å². The summed E-state index contributed by atoms with van der Waals surface area (Å²) in [4.78, 5) is 0.0917. The topological polar surface area (TPSA) is 78.0 Å². The van der Waals surface area contributed by atoms with E-state index in [0.29, 0.717) is 0 Å². The van der Waals surface area contributed by atoms with Gasteiger partial charge in [0.2, 0.25) is 10.0 Å². The molecule has 0 bridgehead atoms. The molecule has 0 aliphatic carbocycles. The van der Waals surface area contributed by atoms with E-state index in [1.54, 1.807) is 16.8 Å². The van der Waals surface area contributed by atoms with Crippen molar-refractivity contribution in [2.45, 2.75) is 11.8 Å². The van der Waals surface area contributed by atoms with Crippen LogP contribution in [-0.4, -0.2) is 18.2 Å². The van der Waals surface area contributed by atoms with Crippen LogP contribution >= 0.6 is 0 Å². The number of hydrogen-bond donors (Lipinski definition) is 1. The van der Waals surface area contributed by atoms with E-state index < -0.39 is 10.0 Å². The Labute approximate surface area is 135 Å². The summed E-state index contributed by atoms with van der Waals surface area (Å²) in [6.45, 7) is 2.04. The zero-order valence-electron chi connectivity index (χ0n) is 12.9. The monoisotopic (exact) mass is 327 g/mol. The van der Waals surface area contributed by atoms with Crippen LogP contribution in [0, 0.1) is 6.92 Å². The minimum atomic E-state index is -3.69. The van der Waals surface area contributed by atoms with Crippen molar-refractivity contribution in [2.75, 3.05) is 0 Å². The average molecular weight is 327 g/mol. The molecule has 0 saturated carbocycles. The van der Waals surface area contributed by atoms with E-state index >= 15 is 0 Å². The van der Waals surface area contributed by atoms with Crippen LogP contribution in [0.4, 0.5) is 0 Å². The van der Waals surface area contributed by atoms with E-state index in [0.717, 1.165) is 22.4 Å². The Morgan fingerprint density at radius 1 is 0.957 bits per heavy atom. The standard InChI is InChI=1S/C17H17N3O2S/c1-12-3-5-13(6-4-12)16-11-20(2)19-17(16)14-7-9-15(10-8-14)23(18,21)22/h3-11H,1-2H3,(H2,18,21,22). The molecule has 1 heterocycles. The molecule has 3 aromatic rings. The van der Waals surface area contributed by atoms with Crippen LogP contribution in [0.5, 0.6) is 0 Å². The van der Waals surface area contributed by atoms with Gasteiger partial charge < -0.3 is 0 Å². The number of sulfonamides is 1. The number of nitrogens with two attached hydrogens (primary N) is 1. The van der Waals surface area contributed by atoms with Crippen LogP contribution in [0.25, 0.3) is 22.4 Å². The minimum absolute atomic E-state index is 0.0917. The second-order valence-electron chi connectivity index (χ2n) is 5.50. The molecule has 0 aliphatic heterocycles. The SMILES string of the molecule is Cc1ccc(-c2cn(C)nc2-c2ccc(S(N)(=O)=O)cc2)cc1. The maximum absolute atomic E-state index is 11.4. The first-order chi connectivity index (χ1) is 10.8. The fraction of sp³-hybridized carbons (Fsp3) is 0.118. The van der Waals surface area contributed by atoms with Gasteiger partial charge in [-0.15, -0.1) is 0 Å². The van der Waals surface area contributed by atoms with Gasteiger partial charge in [-0.05, 0) is 24.6 Å². The minimum Gasteiger partial charge on any atom is -0.275 e. The van der Waals surface area contributed by atoms with Crippen molar-refractivity contribution < 1.29 is 8.42 Å². The van der Waals surface area contributed by atoms with Gasteiger partial charge in [-0.25, -0.2) is 13.6 Å². The molecule has 0 radical (unpaired) electrons. The van der Waals surface area contributed by atoms with E-state index in [2.05, 4.69) is 29.4 Å². The molecule has 3 rings (SSSR count). The second-order valence-corrected chi connectivity index (χ2v) is 7.06. The lowest BCUT2D eigenvalue weighted by molar-refractivity contribution is 0.598. The summed E-state index contributed by atoms with van der Waals surface area (Å²) in [5.41, 5.74) is 4.90. The van der Waals surface area contributed by atoms with Crippen LogP contribution in [-0.2, 0) is 17.1 Å². The van der Waals surface area contributed by atoms with Gasteiger partial charge in [-0.3, -0.25) is 4.68 Å². The van der Waals surface area contributed by atoms with Crippen LogP contribution in [0.3, 0.4) is 0 Å². The number of benzene rings is 2. The maximum atomic E-state index is 11.4. The molecule has 23 heavy (non-hydrogen) atoms. The smallest absolute Gasteiger partial charge is 0.238 e. The first-order valence-electron chi connectivity index (χ1n) is 7.08. The number of primary sulfonamides is 1. The molecule has 0 spiro atoms. The Balaban J connectivity index is 2.09. The average Bonchev–Trinajstić information content (AvgIpc) is 2.89. The van der Waals surface area contributed by atoms with Crippen molar-refractivity contribution in [1.29, 1.82) is 0 Å². The third-order valence-corrected chi connectivity index (χ3v) is 4.58. The highest BCUT2D eigenvalue weighted by molar-refractivity contribution is 7.89. The normalized spacial score (nSPS) is 11.6. The molecule has 5 nitrogen and oxygen atoms in total. The van der Waals surface area contributed by atoms with E-state index in [1.807, 2.05) is 20.2 Å². The lowest BCUT2D eigenvalue weighted by atomic mass is 10.0. The first kappa shape index (κ1) is 15.5. The second kappa shape index (κ2) is 5.64. The number of aryl methyl sites for hydroxylation is 2. The largest absolute Gasteiger partial charge is 0.275 e. The van der Waals surface area contributed by atoms with Crippen molar-refractivity contribution in [3.8, 4) is 22.4 Å². The summed E-state index contributed by atoms with van der Waals surface area (Å²) in [5, 5.41) is 9.64. The van der Waals surface area contributed by atoms with Crippen LogP contribution in [0.2, 0.25) is 0 Å². The molecular weight excluding hydrogens is 310 g/mol. The van der Waals surface area contributed by atoms with Crippen LogP contribution in [0.15, 0.2) is 59.6 Å². The molecule has 0 saturated heterocycles. The molecule has 6 heteroatoms. The van der Waals surface area contributed by atoms with Gasteiger partial charge >= 0.3 is 0 Å². The van der Waals surface area contributed by atoms with Crippen molar-refractivity contribution >= 4 is 10.0 Å². The lowest BCUT2D eigenvalue weighted by Crippen LogP contribution is -2.11. The maximum Gasteiger partial charge on any atom is 0.238 e. The first-order valence-corrected chi connectivity index (χ1v) is 8.63.